The Bertz CT molecular complexity index is 1980. The van der Waals surface area contributed by atoms with Crippen LogP contribution in [-0.2, 0) is 71.8 Å². The molecule has 2 heterocycles. The topological polar surface area (TPSA) is 181 Å². The molecule has 0 bridgehead atoms. The fraction of sp³-hybridized carbons (Fsp3) is 0.600. The summed E-state index contributed by atoms with van der Waals surface area (Å²) in [6.45, 7) is 3.98. The van der Waals surface area contributed by atoms with Crippen molar-refractivity contribution < 1.29 is 26.4 Å². The number of likely N-dealkylation sites (tertiary alicyclic amines) is 2. The monoisotopic (exact) mass is 740 g/mol. The zero-order valence-electron chi connectivity index (χ0n) is 29.1. The van der Waals surface area contributed by atoms with Gasteiger partial charge >= 0.3 is 32.5 Å². The molecular weight excluding hydrogens is 693 g/mol. The first-order chi connectivity index (χ1) is 24.4. The van der Waals surface area contributed by atoms with Crippen molar-refractivity contribution in [3.63, 3.8) is 0 Å². The molecule has 16 heteroatoms. The van der Waals surface area contributed by atoms with Crippen molar-refractivity contribution in [3.8, 4) is 0 Å². The molecule has 2 saturated heterocycles. The minimum absolute atomic E-state index is 0.220. The Morgan fingerprint density at radius 1 is 0.686 bits per heavy atom. The Hall–Kier alpha value is -3.28. The van der Waals surface area contributed by atoms with Crippen molar-refractivity contribution >= 4 is 43.9 Å². The van der Waals surface area contributed by atoms with Crippen molar-refractivity contribution in [1.29, 1.82) is 0 Å². The number of hydrogen-bond donors (Lipinski definition) is 6. The third kappa shape index (κ3) is 7.35. The number of benzene rings is 2. The number of anilines is 2. The zero-order valence-corrected chi connectivity index (χ0v) is 30.7. The maximum Gasteiger partial charge on any atom is 0.333 e. The van der Waals surface area contributed by atoms with Gasteiger partial charge in [-0.05, 0) is 147 Å². The average molecular weight is 741 g/mol. The van der Waals surface area contributed by atoms with Gasteiger partial charge in [0, 0.05) is 43.6 Å². The van der Waals surface area contributed by atoms with Crippen molar-refractivity contribution in [2.24, 2.45) is 11.8 Å². The summed E-state index contributed by atoms with van der Waals surface area (Å²) < 4.78 is 60.1. The average Bonchev–Trinajstić information content (AvgIpc) is 3.82. The maximum atomic E-state index is 13.1. The highest BCUT2D eigenvalue weighted by Gasteiger charge is 2.38. The number of urea groups is 2. The number of nitrogens with one attached hydrogen (secondary N) is 6. The smallest absolute Gasteiger partial charge is 0.307 e. The number of hydrogen-bond acceptors (Lipinski definition) is 8. The Kier molecular flexibility index (Phi) is 9.28. The number of carbonyl (C=O) groups is 2. The first-order valence-electron chi connectivity index (χ1n) is 18.3. The van der Waals surface area contributed by atoms with Gasteiger partial charge in [0.1, 0.15) is 0 Å². The first-order valence-corrected chi connectivity index (χ1v) is 21.3. The summed E-state index contributed by atoms with van der Waals surface area (Å²) in [6, 6.07) is 2.84. The summed E-state index contributed by atoms with van der Waals surface area (Å²) in [5.74, 6) is 0.596. The molecule has 0 saturated carbocycles. The summed E-state index contributed by atoms with van der Waals surface area (Å²) in [7, 11) is -6.11. The summed E-state index contributed by atoms with van der Waals surface area (Å²) in [5.41, 5.74) is 10.7. The number of amides is 4. The highest BCUT2D eigenvalue weighted by Crippen LogP contribution is 2.47. The van der Waals surface area contributed by atoms with Gasteiger partial charge in [-0.15, -0.1) is 0 Å². The summed E-state index contributed by atoms with van der Waals surface area (Å²) >= 11 is 0. The van der Waals surface area contributed by atoms with Gasteiger partial charge in [-0.3, -0.25) is 0 Å². The maximum absolute atomic E-state index is 13.1. The van der Waals surface area contributed by atoms with E-state index in [0.29, 0.717) is 31.5 Å². The zero-order chi connectivity index (χ0) is 35.5. The number of rotatable bonds is 11. The lowest BCUT2D eigenvalue weighted by atomic mass is 9.87. The number of fused-ring (bicyclic) bond motifs is 4. The van der Waals surface area contributed by atoms with Crippen LogP contribution in [0.2, 0.25) is 0 Å². The van der Waals surface area contributed by atoms with Gasteiger partial charge in [-0.1, -0.05) is 12.1 Å². The van der Waals surface area contributed by atoms with Crippen LogP contribution in [-0.4, -0.2) is 91.1 Å². The Labute approximate surface area is 300 Å². The first kappa shape index (κ1) is 34.8. The minimum atomic E-state index is -4.01. The molecule has 2 aromatic carbocycles. The number of likely N-dealkylation sites (N-methyl/N-ethyl adjacent to an activating group) is 1. The molecule has 4 aliphatic carbocycles. The van der Waals surface area contributed by atoms with Crippen molar-refractivity contribution in [2.45, 2.75) is 76.7 Å². The fourth-order valence-electron chi connectivity index (χ4n) is 9.26. The van der Waals surface area contributed by atoms with E-state index in [-0.39, 0.29) is 12.6 Å². The minimum Gasteiger partial charge on any atom is -0.307 e. The van der Waals surface area contributed by atoms with Crippen LogP contribution >= 0.6 is 0 Å². The fourth-order valence-corrected chi connectivity index (χ4v) is 10.9. The van der Waals surface area contributed by atoms with Crippen LogP contribution in [0.4, 0.5) is 21.0 Å². The van der Waals surface area contributed by atoms with Gasteiger partial charge in [0.2, 0.25) is 0 Å². The molecule has 51 heavy (non-hydrogen) atoms. The molecular formula is C35H48N8O6S2. The van der Waals surface area contributed by atoms with E-state index in [0.717, 1.165) is 117 Å². The van der Waals surface area contributed by atoms with Crippen LogP contribution in [0.1, 0.15) is 63.8 Å². The van der Waals surface area contributed by atoms with E-state index in [1.54, 1.807) is 0 Å². The van der Waals surface area contributed by atoms with E-state index in [9.17, 15) is 26.4 Å². The number of carbonyl (C=O) groups excluding carboxylic acids is 2. The van der Waals surface area contributed by atoms with E-state index in [4.69, 9.17) is 0 Å². The number of aryl methyl sites for hydroxylation is 2. The Balaban J connectivity index is 0.959. The van der Waals surface area contributed by atoms with Crippen LogP contribution in [0.15, 0.2) is 12.1 Å². The van der Waals surface area contributed by atoms with Gasteiger partial charge in [0.05, 0.1) is 0 Å². The molecule has 276 valence electrons. The molecule has 2 atom stereocenters. The van der Waals surface area contributed by atoms with Gasteiger partial charge in [-0.25, -0.2) is 19.0 Å². The van der Waals surface area contributed by atoms with Gasteiger partial charge in [0.25, 0.3) is 0 Å². The van der Waals surface area contributed by atoms with E-state index < -0.39 is 32.5 Å². The van der Waals surface area contributed by atoms with E-state index in [1.807, 2.05) is 11.9 Å². The molecule has 4 amide bonds. The number of nitrogens with zero attached hydrogens (tertiary/aromatic N) is 2. The van der Waals surface area contributed by atoms with Crippen LogP contribution in [0.5, 0.6) is 0 Å². The van der Waals surface area contributed by atoms with Crippen LogP contribution in [0, 0.1) is 11.8 Å². The second-order valence-electron chi connectivity index (χ2n) is 15.3. The highest BCUT2D eigenvalue weighted by atomic mass is 32.2. The molecule has 2 aliphatic heterocycles. The second kappa shape index (κ2) is 13.6. The second-order valence-corrected chi connectivity index (χ2v) is 18.3. The summed E-state index contributed by atoms with van der Waals surface area (Å²) in [6.07, 6.45) is 9.89. The lowest BCUT2D eigenvalue weighted by molar-refractivity contribution is 0.179. The molecule has 0 aromatic heterocycles. The SMILES string of the molecule is CN1CC(NS(=O)(=O)NC(=O)Nc2c3c(cc4c2CC(C2Cc5cc6c(c(NC(=O)NS(=O)(=O)NCCN7CCC7)c5C2)CCC6)C4)CCC3)C1. The van der Waals surface area contributed by atoms with Crippen LogP contribution < -0.4 is 29.5 Å². The molecule has 6 aliphatic rings. The molecule has 2 unspecified atom stereocenters. The third-order valence-corrected chi connectivity index (χ3v) is 13.9. The van der Waals surface area contributed by atoms with Gasteiger partial charge in [0.15, 0.2) is 0 Å². The Morgan fingerprint density at radius 2 is 1.22 bits per heavy atom. The van der Waals surface area contributed by atoms with Crippen molar-refractivity contribution in [3.05, 3.63) is 56.6 Å². The van der Waals surface area contributed by atoms with Crippen LogP contribution in [0.3, 0.4) is 0 Å². The summed E-state index contributed by atoms with van der Waals surface area (Å²) in [5, 5.41) is 5.92. The highest BCUT2D eigenvalue weighted by molar-refractivity contribution is 7.88. The molecule has 2 aromatic rings. The Morgan fingerprint density at radius 3 is 1.71 bits per heavy atom. The van der Waals surface area contributed by atoms with Crippen molar-refractivity contribution in [2.75, 3.05) is 56.9 Å². The standard InChI is InChI=1S/C35H48N8O6S2/c1-42-19-27(20-42)39-51(48,49)41-35(45)38-33-29-8-3-6-22(29)14-26-16-24(18-31(26)33)23-15-25-13-21-5-2-7-28(21)32(30(25)17-23)37-34(44)40-50(46,47)36-9-12-43-10-4-11-43/h13-14,23-24,27,36,39H,2-12,15-20H2,1H3,(H2,37,40,44)(H2,38,41,45). The molecule has 14 nitrogen and oxygen atoms in total. The molecule has 2 fully saturated rings. The molecule has 6 N–H and O–H groups in total. The predicted molar refractivity (Wildman–Crippen MR) is 194 cm³/mol. The quantitative estimate of drug-likeness (QED) is 0.202. The van der Waals surface area contributed by atoms with E-state index >= 15 is 0 Å². The van der Waals surface area contributed by atoms with E-state index in [2.05, 4.69) is 46.6 Å². The lowest BCUT2D eigenvalue weighted by Gasteiger charge is -2.36. The van der Waals surface area contributed by atoms with Crippen LogP contribution in [0.25, 0.3) is 0 Å². The summed E-state index contributed by atoms with van der Waals surface area (Å²) in [4.78, 5) is 30.4. The molecule has 0 radical (unpaired) electrons. The largest absolute Gasteiger partial charge is 0.333 e. The van der Waals surface area contributed by atoms with Gasteiger partial charge < -0.3 is 20.4 Å². The molecule has 0 spiro atoms. The van der Waals surface area contributed by atoms with Gasteiger partial charge in [-0.2, -0.15) is 26.3 Å². The molecule has 8 rings (SSSR count). The van der Waals surface area contributed by atoms with E-state index in [1.165, 1.54) is 22.3 Å². The predicted octanol–water partition coefficient (Wildman–Crippen LogP) is 1.73. The third-order valence-electron chi connectivity index (χ3n) is 11.7. The van der Waals surface area contributed by atoms with Crippen molar-refractivity contribution in [1.82, 2.24) is 28.7 Å². The lowest BCUT2D eigenvalue weighted by Crippen LogP contribution is -2.59. The normalized spacial score (nSPS) is 22.8.